The van der Waals surface area contributed by atoms with Gasteiger partial charge >= 0.3 is 19.8 Å². The third-order valence-corrected chi connectivity index (χ3v) is 16.6. The smallest absolute Gasteiger partial charge is 0.462 e. The van der Waals surface area contributed by atoms with E-state index in [2.05, 4.69) is 148 Å². The summed E-state index contributed by atoms with van der Waals surface area (Å²) < 4.78 is 34.7. The summed E-state index contributed by atoms with van der Waals surface area (Å²) in [5, 5.41) is 0. The first-order valence-corrected chi connectivity index (χ1v) is 38.4. The van der Waals surface area contributed by atoms with Crippen LogP contribution in [0.15, 0.2) is 134 Å². The minimum atomic E-state index is -4.41. The molecule has 516 valence electrons. The molecule has 0 heterocycles. The quantitative estimate of drug-likeness (QED) is 0.0211. The van der Waals surface area contributed by atoms with E-state index < -0.39 is 26.5 Å². The van der Waals surface area contributed by atoms with Crippen molar-refractivity contribution in [3.63, 3.8) is 0 Å². The van der Waals surface area contributed by atoms with Crippen LogP contribution in [-0.4, -0.2) is 74.9 Å². The summed E-state index contributed by atoms with van der Waals surface area (Å²) in [4.78, 5) is 35.9. The number of hydrogen-bond acceptors (Lipinski definition) is 7. The standard InChI is InChI=1S/C80H138NO8P/c1-6-8-10-12-14-16-18-20-22-24-26-28-30-32-34-36-38-40-42-44-46-48-50-52-54-56-58-60-62-64-66-68-70-72-79(82)86-76-78(77-88-90(84,85)87-75-74-81(3,4)5)89-80(83)73-71-69-67-65-63-61-59-57-55-53-51-49-47-45-43-41-39-37-35-33-31-29-27-25-23-21-19-17-15-13-11-9-7-2/h9,11,15,17-18,20-21,23-24,26-27,29,33,35,39,41,45,47,51,53,57,59,78H,6-8,10,12-14,16,19,22,25,28,30-32,34,36-38,40,42-44,46,48-50,52,54-56,58,60-77H2,1-5H3/p+1/b11-9-,17-15-,20-18-,23-21-,26-24-,29-27-,35-33-,41-39-,47-45-,53-51-,59-57-. The molecular weight excluding hydrogens is 1130 g/mol. The van der Waals surface area contributed by atoms with Gasteiger partial charge in [0.25, 0.3) is 0 Å². The molecule has 0 spiro atoms. The lowest BCUT2D eigenvalue weighted by Gasteiger charge is -2.24. The Morgan fingerprint density at radius 3 is 0.944 bits per heavy atom. The van der Waals surface area contributed by atoms with Gasteiger partial charge in [-0.2, -0.15) is 0 Å². The number of phosphoric ester groups is 1. The summed E-state index contributed by atoms with van der Waals surface area (Å²) in [5.41, 5.74) is 0. The largest absolute Gasteiger partial charge is 0.472 e. The van der Waals surface area contributed by atoms with E-state index in [1.807, 2.05) is 21.1 Å². The number of quaternary nitrogens is 1. The van der Waals surface area contributed by atoms with E-state index in [0.717, 1.165) is 116 Å². The molecule has 2 unspecified atom stereocenters. The van der Waals surface area contributed by atoms with Crippen LogP contribution in [0.25, 0.3) is 0 Å². The fraction of sp³-hybridized carbons (Fsp3) is 0.700. The molecule has 0 radical (unpaired) electrons. The van der Waals surface area contributed by atoms with Gasteiger partial charge in [0.2, 0.25) is 0 Å². The number of phosphoric acid groups is 1. The Labute approximate surface area is 555 Å². The number of allylic oxidation sites excluding steroid dienone is 22. The van der Waals surface area contributed by atoms with Crippen molar-refractivity contribution in [3.8, 4) is 0 Å². The van der Waals surface area contributed by atoms with Crippen molar-refractivity contribution >= 4 is 19.8 Å². The molecule has 0 aromatic carbocycles. The van der Waals surface area contributed by atoms with E-state index in [1.165, 1.54) is 161 Å². The lowest BCUT2D eigenvalue weighted by Crippen LogP contribution is -2.37. The maximum Gasteiger partial charge on any atom is 0.472 e. The van der Waals surface area contributed by atoms with Crippen molar-refractivity contribution < 1.29 is 42.1 Å². The fourth-order valence-corrected chi connectivity index (χ4v) is 10.8. The molecule has 0 amide bonds. The molecule has 0 aliphatic carbocycles. The van der Waals surface area contributed by atoms with Crippen molar-refractivity contribution in [1.29, 1.82) is 0 Å². The van der Waals surface area contributed by atoms with Gasteiger partial charge in [0.1, 0.15) is 19.8 Å². The second-order valence-corrected chi connectivity index (χ2v) is 27.0. The van der Waals surface area contributed by atoms with Crippen LogP contribution in [0, 0.1) is 0 Å². The number of likely N-dealkylation sites (N-methyl/N-ethyl adjacent to an activating group) is 1. The predicted octanol–water partition coefficient (Wildman–Crippen LogP) is 24.4. The van der Waals surface area contributed by atoms with Crippen LogP contribution >= 0.6 is 7.82 Å². The first kappa shape index (κ1) is 86.2. The number of hydrogen-bond donors (Lipinski definition) is 1. The van der Waals surface area contributed by atoms with Gasteiger partial charge in [0.15, 0.2) is 6.10 Å². The number of ether oxygens (including phenoxy) is 2. The zero-order chi connectivity index (χ0) is 65.5. The molecule has 0 saturated carbocycles. The SMILES string of the molecule is CC/C=C\C/C=C\C/C=C\C/C=C\C/C=C\C/C=C\C/C=C\C/C=C\C/C=C\CCCCCCCC(=O)OC(COC(=O)CCCCCCCCCCCCCCCCCCCCCCC/C=C\C/C=C\CCCCCCC)COP(=O)(O)OCC[N+](C)(C)C. The van der Waals surface area contributed by atoms with Crippen LogP contribution in [0.3, 0.4) is 0 Å². The highest BCUT2D eigenvalue weighted by atomic mass is 31.2. The summed E-state index contributed by atoms with van der Waals surface area (Å²) in [7, 11) is 1.46. The predicted molar refractivity (Wildman–Crippen MR) is 390 cm³/mol. The van der Waals surface area contributed by atoms with Crippen molar-refractivity contribution in [2.75, 3.05) is 47.5 Å². The minimum absolute atomic E-state index is 0.0220. The molecule has 9 nitrogen and oxygen atoms in total. The Morgan fingerprint density at radius 1 is 0.356 bits per heavy atom. The molecule has 0 aromatic rings. The third kappa shape index (κ3) is 73.2. The average molecular weight is 1270 g/mol. The van der Waals surface area contributed by atoms with Gasteiger partial charge in [-0.15, -0.1) is 0 Å². The van der Waals surface area contributed by atoms with E-state index in [-0.39, 0.29) is 32.0 Å². The van der Waals surface area contributed by atoms with Gasteiger partial charge in [0, 0.05) is 12.8 Å². The molecule has 90 heavy (non-hydrogen) atoms. The van der Waals surface area contributed by atoms with Crippen LogP contribution in [0.1, 0.15) is 309 Å². The highest BCUT2D eigenvalue weighted by molar-refractivity contribution is 7.47. The first-order valence-electron chi connectivity index (χ1n) is 36.9. The lowest BCUT2D eigenvalue weighted by molar-refractivity contribution is -0.870. The van der Waals surface area contributed by atoms with Crippen LogP contribution < -0.4 is 0 Å². The Bertz CT molecular complexity index is 1980. The lowest BCUT2D eigenvalue weighted by atomic mass is 10.0. The van der Waals surface area contributed by atoms with Gasteiger partial charge in [-0.05, 0) is 116 Å². The fourth-order valence-electron chi connectivity index (χ4n) is 10.0. The van der Waals surface area contributed by atoms with Gasteiger partial charge in [0.05, 0.1) is 27.7 Å². The van der Waals surface area contributed by atoms with Crippen LogP contribution in [-0.2, 0) is 32.7 Å². The molecule has 0 bridgehead atoms. The number of carbonyl (C=O) groups excluding carboxylic acids is 2. The molecular formula is C80H139NO8P+. The number of rotatable bonds is 67. The maximum absolute atomic E-state index is 12.9. The molecule has 0 saturated heterocycles. The highest BCUT2D eigenvalue weighted by Gasteiger charge is 2.27. The summed E-state index contributed by atoms with van der Waals surface area (Å²) in [5.74, 6) is -0.818. The summed E-state index contributed by atoms with van der Waals surface area (Å²) in [6.45, 7) is 4.30. The highest BCUT2D eigenvalue weighted by Crippen LogP contribution is 2.43. The van der Waals surface area contributed by atoms with Gasteiger partial charge in [-0.1, -0.05) is 314 Å². The van der Waals surface area contributed by atoms with E-state index >= 15 is 0 Å². The Morgan fingerprint density at radius 2 is 0.633 bits per heavy atom. The number of carbonyl (C=O) groups is 2. The zero-order valence-corrected chi connectivity index (χ0v) is 59.7. The van der Waals surface area contributed by atoms with Crippen LogP contribution in [0.4, 0.5) is 0 Å². The summed E-state index contributed by atoms with van der Waals surface area (Å²) in [6.07, 6.45) is 101. The minimum Gasteiger partial charge on any atom is -0.462 e. The number of unbranched alkanes of at least 4 members (excludes halogenated alkanes) is 31. The first-order chi connectivity index (χ1) is 44.0. The molecule has 0 rings (SSSR count). The van der Waals surface area contributed by atoms with Crippen molar-refractivity contribution in [1.82, 2.24) is 0 Å². The Balaban J connectivity index is 4.09. The topological polar surface area (TPSA) is 108 Å². The molecule has 10 heteroatoms. The molecule has 0 aromatic heterocycles. The molecule has 0 fully saturated rings. The Hall–Kier alpha value is -3.85. The molecule has 0 aliphatic heterocycles. The van der Waals surface area contributed by atoms with E-state index in [1.54, 1.807) is 0 Å². The number of nitrogens with zero attached hydrogens (tertiary/aromatic N) is 1. The second-order valence-electron chi connectivity index (χ2n) is 25.6. The second kappa shape index (κ2) is 69.5. The number of esters is 2. The van der Waals surface area contributed by atoms with Crippen molar-refractivity contribution in [2.45, 2.75) is 315 Å². The zero-order valence-electron chi connectivity index (χ0n) is 58.8. The monoisotopic (exact) mass is 1270 g/mol. The maximum atomic E-state index is 12.9. The normalized spacial score (nSPS) is 13.9. The van der Waals surface area contributed by atoms with E-state index in [4.69, 9.17) is 18.5 Å². The molecule has 2 atom stereocenters. The molecule has 1 N–H and O–H groups in total. The average Bonchev–Trinajstić information content (AvgIpc) is 3.58. The van der Waals surface area contributed by atoms with Crippen molar-refractivity contribution in [3.05, 3.63) is 134 Å². The van der Waals surface area contributed by atoms with Crippen LogP contribution in [0.2, 0.25) is 0 Å². The Kier molecular flexibility index (Phi) is 66.5. The van der Waals surface area contributed by atoms with Gasteiger partial charge in [-0.3, -0.25) is 18.6 Å². The van der Waals surface area contributed by atoms with E-state index in [0.29, 0.717) is 17.4 Å². The third-order valence-electron chi connectivity index (χ3n) is 15.7. The van der Waals surface area contributed by atoms with Crippen molar-refractivity contribution in [2.24, 2.45) is 0 Å². The van der Waals surface area contributed by atoms with Crippen LogP contribution in [0.5, 0.6) is 0 Å². The summed E-state index contributed by atoms with van der Waals surface area (Å²) in [6, 6.07) is 0. The molecule has 0 aliphatic rings. The van der Waals surface area contributed by atoms with E-state index in [9.17, 15) is 19.0 Å². The van der Waals surface area contributed by atoms with Gasteiger partial charge < -0.3 is 18.9 Å². The summed E-state index contributed by atoms with van der Waals surface area (Å²) >= 11 is 0. The van der Waals surface area contributed by atoms with Gasteiger partial charge in [-0.25, -0.2) is 4.57 Å².